The van der Waals surface area contributed by atoms with E-state index in [4.69, 9.17) is 5.73 Å². The molecule has 0 saturated heterocycles. The van der Waals surface area contributed by atoms with Gasteiger partial charge in [-0.3, -0.25) is 0 Å². The summed E-state index contributed by atoms with van der Waals surface area (Å²) in [6, 6.07) is 8.95. The summed E-state index contributed by atoms with van der Waals surface area (Å²) >= 11 is 0. The molecule has 0 aliphatic heterocycles. The average Bonchev–Trinajstić information content (AvgIpc) is 3.19. The lowest BCUT2D eigenvalue weighted by molar-refractivity contribution is 0.266. The van der Waals surface area contributed by atoms with Gasteiger partial charge in [-0.15, -0.1) is 0 Å². The Kier molecular flexibility index (Phi) is 4.19. The fourth-order valence-corrected chi connectivity index (χ4v) is 2.51. The lowest BCUT2D eigenvalue weighted by Gasteiger charge is -2.23. The molecule has 0 spiro atoms. The minimum Gasteiger partial charge on any atom is -0.396 e. The molecular weight excluding hydrogens is 210 g/mol. The van der Waals surface area contributed by atoms with Gasteiger partial charge >= 0.3 is 0 Å². The summed E-state index contributed by atoms with van der Waals surface area (Å²) in [5.74, 6) is 1.08. The predicted octanol–water partition coefficient (Wildman–Crippen LogP) is 2.77. The molecule has 2 unspecified atom stereocenters. The third-order valence-corrected chi connectivity index (χ3v) is 3.82. The normalized spacial score (nSPS) is 19.0. The monoisotopic (exact) mass is 233 g/mol. The average molecular weight is 233 g/mol. The van der Waals surface area contributed by atoms with Crippen LogP contribution in [0.15, 0.2) is 24.3 Å². The van der Waals surface area contributed by atoms with Crippen LogP contribution in [0.4, 0.5) is 0 Å². The molecule has 0 aromatic heterocycles. The molecule has 1 aliphatic carbocycles. The maximum Gasteiger partial charge on any atom is 0.0437 e. The maximum atomic E-state index is 9.18. The molecule has 2 rings (SSSR count). The number of benzene rings is 1. The number of hydrogen-bond donors (Lipinski definition) is 2. The first-order valence-electron chi connectivity index (χ1n) is 6.72. The summed E-state index contributed by atoms with van der Waals surface area (Å²) in [6.45, 7) is 2.33. The number of nitrogens with two attached hydrogens (primary N) is 1. The number of rotatable bonds is 6. The van der Waals surface area contributed by atoms with Crippen molar-refractivity contribution >= 4 is 0 Å². The molecule has 1 fully saturated rings. The van der Waals surface area contributed by atoms with Gasteiger partial charge in [0, 0.05) is 18.6 Å². The van der Waals surface area contributed by atoms with E-state index in [1.54, 1.807) is 0 Å². The van der Waals surface area contributed by atoms with Crippen molar-refractivity contribution in [3.05, 3.63) is 35.4 Å². The van der Waals surface area contributed by atoms with Crippen molar-refractivity contribution in [2.75, 3.05) is 6.61 Å². The quantitative estimate of drug-likeness (QED) is 0.793. The standard InChI is InChI=1S/C15H23NO/c1-2-15(16)14(8-9-17)13-5-3-4-12(10-13)11-6-7-11/h3-5,10-11,14-15,17H,2,6-9,16H2,1H3. The summed E-state index contributed by atoms with van der Waals surface area (Å²) in [4.78, 5) is 0. The zero-order valence-corrected chi connectivity index (χ0v) is 10.6. The van der Waals surface area contributed by atoms with Crippen LogP contribution in [0.5, 0.6) is 0 Å². The lowest BCUT2D eigenvalue weighted by atomic mass is 9.87. The molecule has 1 aromatic rings. The largest absolute Gasteiger partial charge is 0.396 e. The summed E-state index contributed by atoms with van der Waals surface area (Å²) in [5.41, 5.74) is 8.92. The Morgan fingerprint density at radius 1 is 1.41 bits per heavy atom. The molecule has 2 atom stereocenters. The van der Waals surface area contributed by atoms with Crippen LogP contribution in [-0.2, 0) is 0 Å². The highest BCUT2D eigenvalue weighted by Gasteiger charge is 2.25. The summed E-state index contributed by atoms with van der Waals surface area (Å²) in [5, 5.41) is 9.18. The second-order valence-electron chi connectivity index (χ2n) is 5.14. The second-order valence-corrected chi connectivity index (χ2v) is 5.14. The number of hydrogen-bond acceptors (Lipinski definition) is 2. The SMILES string of the molecule is CCC(N)C(CCO)c1cccc(C2CC2)c1. The number of aliphatic hydroxyl groups is 1. The number of aliphatic hydroxyl groups excluding tert-OH is 1. The van der Waals surface area contributed by atoms with Crippen LogP contribution < -0.4 is 5.73 Å². The Morgan fingerprint density at radius 3 is 2.76 bits per heavy atom. The molecule has 1 aromatic carbocycles. The second kappa shape index (κ2) is 5.65. The van der Waals surface area contributed by atoms with Gasteiger partial charge < -0.3 is 10.8 Å². The first-order chi connectivity index (χ1) is 8.26. The van der Waals surface area contributed by atoms with Crippen molar-refractivity contribution in [1.82, 2.24) is 0 Å². The third-order valence-electron chi connectivity index (χ3n) is 3.82. The van der Waals surface area contributed by atoms with E-state index in [2.05, 4.69) is 31.2 Å². The van der Waals surface area contributed by atoms with Crippen LogP contribution in [0.2, 0.25) is 0 Å². The summed E-state index contributed by atoms with van der Waals surface area (Å²) < 4.78 is 0. The Labute approximate surface area is 104 Å². The Morgan fingerprint density at radius 2 is 2.18 bits per heavy atom. The molecular formula is C15H23NO. The first-order valence-corrected chi connectivity index (χ1v) is 6.72. The van der Waals surface area contributed by atoms with Gasteiger partial charge in [-0.25, -0.2) is 0 Å². The maximum absolute atomic E-state index is 9.18. The Balaban J connectivity index is 2.18. The van der Waals surface area contributed by atoms with Gasteiger partial charge in [0.15, 0.2) is 0 Å². The fraction of sp³-hybridized carbons (Fsp3) is 0.600. The minimum atomic E-state index is 0.150. The molecule has 0 radical (unpaired) electrons. The Bertz CT molecular complexity index is 360. The highest BCUT2D eigenvalue weighted by Crippen LogP contribution is 2.41. The molecule has 0 bridgehead atoms. The van der Waals surface area contributed by atoms with Gasteiger partial charge in [0.25, 0.3) is 0 Å². The van der Waals surface area contributed by atoms with E-state index in [9.17, 15) is 5.11 Å². The molecule has 0 heterocycles. The van der Waals surface area contributed by atoms with Crippen LogP contribution in [0.3, 0.4) is 0 Å². The zero-order valence-electron chi connectivity index (χ0n) is 10.6. The van der Waals surface area contributed by atoms with Crippen LogP contribution >= 0.6 is 0 Å². The molecule has 3 N–H and O–H groups in total. The molecule has 94 valence electrons. The molecule has 2 heteroatoms. The van der Waals surface area contributed by atoms with Gasteiger partial charge in [0.05, 0.1) is 0 Å². The summed E-state index contributed by atoms with van der Waals surface area (Å²) in [6.07, 6.45) is 4.38. The smallest absolute Gasteiger partial charge is 0.0437 e. The molecule has 1 aliphatic rings. The van der Waals surface area contributed by atoms with Crippen molar-refractivity contribution in [1.29, 1.82) is 0 Å². The van der Waals surface area contributed by atoms with E-state index in [-0.39, 0.29) is 12.6 Å². The Hall–Kier alpha value is -0.860. The molecule has 0 amide bonds. The van der Waals surface area contributed by atoms with E-state index in [0.29, 0.717) is 5.92 Å². The first kappa shape index (κ1) is 12.6. The van der Waals surface area contributed by atoms with E-state index < -0.39 is 0 Å². The van der Waals surface area contributed by atoms with Gasteiger partial charge in [-0.05, 0) is 42.7 Å². The van der Waals surface area contributed by atoms with Crippen LogP contribution in [0.25, 0.3) is 0 Å². The van der Waals surface area contributed by atoms with Crippen molar-refractivity contribution in [2.45, 2.75) is 50.5 Å². The predicted molar refractivity (Wildman–Crippen MR) is 71.1 cm³/mol. The summed E-state index contributed by atoms with van der Waals surface area (Å²) in [7, 11) is 0. The van der Waals surface area contributed by atoms with E-state index in [0.717, 1.165) is 18.8 Å². The third kappa shape index (κ3) is 3.08. The fourth-order valence-electron chi connectivity index (χ4n) is 2.51. The van der Waals surface area contributed by atoms with E-state index >= 15 is 0 Å². The van der Waals surface area contributed by atoms with Crippen molar-refractivity contribution in [3.63, 3.8) is 0 Å². The molecule has 17 heavy (non-hydrogen) atoms. The van der Waals surface area contributed by atoms with Gasteiger partial charge in [0.1, 0.15) is 0 Å². The highest BCUT2D eigenvalue weighted by atomic mass is 16.3. The van der Waals surface area contributed by atoms with Crippen molar-refractivity contribution < 1.29 is 5.11 Å². The zero-order chi connectivity index (χ0) is 12.3. The van der Waals surface area contributed by atoms with Crippen LogP contribution in [-0.4, -0.2) is 17.8 Å². The van der Waals surface area contributed by atoms with Gasteiger partial charge in [-0.1, -0.05) is 31.2 Å². The van der Waals surface area contributed by atoms with Gasteiger partial charge in [-0.2, -0.15) is 0 Å². The van der Waals surface area contributed by atoms with Crippen LogP contribution in [0.1, 0.15) is 55.6 Å². The molecule has 1 saturated carbocycles. The lowest BCUT2D eigenvalue weighted by Crippen LogP contribution is -2.28. The minimum absolute atomic E-state index is 0.150. The van der Waals surface area contributed by atoms with E-state index in [1.165, 1.54) is 24.0 Å². The van der Waals surface area contributed by atoms with Crippen molar-refractivity contribution in [2.24, 2.45) is 5.73 Å². The van der Waals surface area contributed by atoms with Crippen molar-refractivity contribution in [3.8, 4) is 0 Å². The van der Waals surface area contributed by atoms with Crippen LogP contribution in [0, 0.1) is 0 Å². The van der Waals surface area contributed by atoms with Gasteiger partial charge in [0.2, 0.25) is 0 Å². The van der Waals surface area contributed by atoms with E-state index in [1.807, 2.05) is 0 Å². The topological polar surface area (TPSA) is 46.2 Å². The highest BCUT2D eigenvalue weighted by molar-refractivity contribution is 5.31. The molecule has 2 nitrogen and oxygen atoms in total.